The van der Waals surface area contributed by atoms with E-state index in [1.807, 2.05) is 25.1 Å². The van der Waals surface area contributed by atoms with Gasteiger partial charge in [-0.2, -0.15) is 0 Å². The molecule has 0 radical (unpaired) electrons. The van der Waals surface area contributed by atoms with Crippen LogP contribution in [0.5, 0.6) is 5.75 Å². The minimum atomic E-state index is -0.347. The summed E-state index contributed by atoms with van der Waals surface area (Å²) >= 11 is 0. The molecule has 0 aliphatic heterocycles. The van der Waals surface area contributed by atoms with Gasteiger partial charge in [-0.05, 0) is 48.2 Å². The number of nitrogens with two attached hydrogens (primary N) is 1. The summed E-state index contributed by atoms with van der Waals surface area (Å²) in [4.78, 5) is 3.92. The fourth-order valence-corrected chi connectivity index (χ4v) is 1.88. The molecule has 0 amide bonds. The Morgan fingerprint density at radius 1 is 1.20 bits per heavy atom. The van der Waals surface area contributed by atoms with Crippen molar-refractivity contribution in [2.75, 3.05) is 0 Å². The van der Waals surface area contributed by atoms with Crippen LogP contribution in [0.2, 0.25) is 0 Å². The molecule has 1 aromatic heterocycles. The third-order valence-electron chi connectivity index (χ3n) is 3.16. The van der Waals surface area contributed by atoms with E-state index >= 15 is 0 Å². The number of ether oxygens (including phenoxy) is 1. The van der Waals surface area contributed by atoms with E-state index in [-0.39, 0.29) is 17.6 Å². The molecule has 3 nitrogen and oxygen atoms in total. The van der Waals surface area contributed by atoms with Crippen LogP contribution in [0.1, 0.15) is 24.5 Å². The molecule has 0 saturated carbocycles. The molecule has 1 unspecified atom stereocenters. The number of rotatable bonds is 6. The second-order valence-electron chi connectivity index (χ2n) is 4.78. The van der Waals surface area contributed by atoms with E-state index in [0.29, 0.717) is 13.0 Å². The van der Waals surface area contributed by atoms with Gasteiger partial charge < -0.3 is 10.5 Å². The number of nitrogens with zero attached hydrogens (tertiary/aromatic N) is 1. The summed E-state index contributed by atoms with van der Waals surface area (Å²) in [6.45, 7) is 2.35. The Morgan fingerprint density at radius 2 is 1.95 bits per heavy atom. The van der Waals surface area contributed by atoms with E-state index in [2.05, 4.69) is 4.98 Å². The fraction of sp³-hybridized carbons (Fsp3) is 0.312. The van der Waals surface area contributed by atoms with E-state index in [4.69, 9.17) is 10.5 Å². The molecule has 106 valence electrons. The van der Waals surface area contributed by atoms with Crippen LogP contribution in [0, 0.1) is 5.82 Å². The Bertz CT molecular complexity index is 545. The standard InChI is InChI=1S/C16H19FN2O/c1-2-14(18)9-13-3-4-16(15(17)10-13)20-11-12-5-7-19-8-6-12/h3-8,10,14H,2,9,11,18H2,1H3. The average Bonchev–Trinajstić information content (AvgIpc) is 2.47. The van der Waals surface area contributed by atoms with Crippen LogP contribution in [0.25, 0.3) is 0 Å². The summed E-state index contributed by atoms with van der Waals surface area (Å²) in [5, 5.41) is 0. The topological polar surface area (TPSA) is 48.1 Å². The van der Waals surface area contributed by atoms with Crippen LogP contribution in [0.15, 0.2) is 42.7 Å². The lowest BCUT2D eigenvalue weighted by Crippen LogP contribution is -2.21. The predicted octanol–water partition coefficient (Wildman–Crippen LogP) is 3.08. The Kier molecular flexibility index (Phi) is 5.07. The van der Waals surface area contributed by atoms with E-state index in [1.54, 1.807) is 18.5 Å². The number of pyridine rings is 1. The van der Waals surface area contributed by atoms with Gasteiger partial charge in [0, 0.05) is 18.4 Å². The van der Waals surface area contributed by atoms with Crippen molar-refractivity contribution in [2.45, 2.75) is 32.4 Å². The molecule has 0 fully saturated rings. The van der Waals surface area contributed by atoms with Gasteiger partial charge in [-0.3, -0.25) is 4.98 Å². The van der Waals surface area contributed by atoms with Gasteiger partial charge in [0.2, 0.25) is 0 Å². The predicted molar refractivity (Wildman–Crippen MR) is 76.9 cm³/mol. The highest BCUT2D eigenvalue weighted by molar-refractivity contribution is 5.30. The average molecular weight is 274 g/mol. The first kappa shape index (κ1) is 14.5. The van der Waals surface area contributed by atoms with E-state index in [1.165, 1.54) is 6.07 Å². The van der Waals surface area contributed by atoms with Crippen molar-refractivity contribution in [3.8, 4) is 5.75 Å². The van der Waals surface area contributed by atoms with Crippen LogP contribution in [-0.4, -0.2) is 11.0 Å². The lowest BCUT2D eigenvalue weighted by atomic mass is 10.0. The molecule has 0 bridgehead atoms. The van der Waals surface area contributed by atoms with Gasteiger partial charge >= 0.3 is 0 Å². The molecule has 1 aromatic carbocycles. The number of hydrogen-bond donors (Lipinski definition) is 1. The molecule has 1 heterocycles. The van der Waals surface area contributed by atoms with Gasteiger partial charge in [-0.1, -0.05) is 13.0 Å². The number of hydrogen-bond acceptors (Lipinski definition) is 3. The molecule has 0 aliphatic rings. The van der Waals surface area contributed by atoms with Crippen LogP contribution in [-0.2, 0) is 13.0 Å². The maximum atomic E-state index is 13.9. The van der Waals surface area contributed by atoms with Crippen molar-refractivity contribution in [1.82, 2.24) is 4.98 Å². The van der Waals surface area contributed by atoms with Crippen molar-refractivity contribution >= 4 is 0 Å². The summed E-state index contributed by atoms with van der Waals surface area (Å²) in [6, 6.07) is 8.77. The summed E-state index contributed by atoms with van der Waals surface area (Å²) in [5.74, 6) is -0.0875. The molecule has 0 aliphatic carbocycles. The first-order valence-corrected chi connectivity index (χ1v) is 6.74. The molecule has 0 saturated heterocycles. The zero-order valence-electron chi connectivity index (χ0n) is 11.6. The first-order chi connectivity index (χ1) is 9.69. The van der Waals surface area contributed by atoms with Crippen LogP contribution >= 0.6 is 0 Å². The lowest BCUT2D eigenvalue weighted by molar-refractivity contribution is 0.290. The fourth-order valence-electron chi connectivity index (χ4n) is 1.88. The van der Waals surface area contributed by atoms with Gasteiger partial charge in [0.15, 0.2) is 11.6 Å². The van der Waals surface area contributed by atoms with E-state index in [0.717, 1.165) is 17.5 Å². The summed E-state index contributed by atoms with van der Waals surface area (Å²) in [7, 11) is 0. The second-order valence-corrected chi connectivity index (χ2v) is 4.78. The second kappa shape index (κ2) is 7.01. The summed E-state index contributed by atoms with van der Waals surface area (Å²) < 4.78 is 19.4. The largest absolute Gasteiger partial charge is 0.486 e. The number of halogens is 1. The molecule has 20 heavy (non-hydrogen) atoms. The highest BCUT2D eigenvalue weighted by Gasteiger charge is 2.07. The SMILES string of the molecule is CCC(N)Cc1ccc(OCc2ccncc2)c(F)c1. The molecule has 2 rings (SSSR count). The minimum Gasteiger partial charge on any atom is -0.486 e. The normalized spacial score (nSPS) is 12.2. The third kappa shape index (κ3) is 4.03. The molecule has 4 heteroatoms. The van der Waals surface area contributed by atoms with E-state index in [9.17, 15) is 4.39 Å². The summed E-state index contributed by atoms with van der Waals surface area (Å²) in [6.07, 6.45) is 4.93. The summed E-state index contributed by atoms with van der Waals surface area (Å²) in [5.41, 5.74) is 7.72. The Hall–Kier alpha value is -1.94. The maximum absolute atomic E-state index is 13.9. The zero-order valence-corrected chi connectivity index (χ0v) is 11.6. The van der Waals surface area contributed by atoms with Gasteiger partial charge in [-0.25, -0.2) is 4.39 Å². The number of benzene rings is 1. The Balaban J connectivity index is 1.99. The van der Waals surface area contributed by atoms with Crippen LogP contribution in [0.4, 0.5) is 4.39 Å². The molecule has 0 spiro atoms. The van der Waals surface area contributed by atoms with Crippen LogP contribution < -0.4 is 10.5 Å². The van der Waals surface area contributed by atoms with Gasteiger partial charge in [0.05, 0.1) is 0 Å². The van der Waals surface area contributed by atoms with Crippen molar-refractivity contribution < 1.29 is 9.13 Å². The maximum Gasteiger partial charge on any atom is 0.165 e. The number of aromatic nitrogens is 1. The third-order valence-corrected chi connectivity index (χ3v) is 3.16. The molecular formula is C16H19FN2O. The lowest BCUT2D eigenvalue weighted by Gasteiger charge is -2.11. The van der Waals surface area contributed by atoms with E-state index < -0.39 is 0 Å². The highest BCUT2D eigenvalue weighted by Crippen LogP contribution is 2.20. The minimum absolute atomic E-state index is 0.0676. The Labute approximate surface area is 118 Å². The highest BCUT2D eigenvalue weighted by atomic mass is 19.1. The molecule has 2 aromatic rings. The van der Waals surface area contributed by atoms with Crippen molar-refractivity contribution in [3.63, 3.8) is 0 Å². The Morgan fingerprint density at radius 3 is 2.60 bits per heavy atom. The van der Waals surface area contributed by atoms with Crippen molar-refractivity contribution in [1.29, 1.82) is 0 Å². The quantitative estimate of drug-likeness (QED) is 0.880. The van der Waals surface area contributed by atoms with Gasteiger partial charge in [0.25, 0.3) is 0 Å². The molecule has 1 atom stereocenters. The molecular weight excluding hydrogens is 255 g/mol. The van der Waals surface area contributed by atoms with Crippen molar-refractivity contribution in [2.24, 2.45) is 5.73 Å². The smallest absolute Gasteiger partial charge is 0.165 e. The monoisotopic (exact) mass is 274 g/mol. The van der Waals surface area contributed by atoms with Gasteiger partial charge in [0.1, 0.15) is 6.61 Å². The van der Waals surface area contributed by atoms with Crippen LogP contribution in [0.3, 0.4) is 0 Å². The molecule has 2 N–H and O–H groups in total. The first-order valence-electron chi connectivity index (χ1n) is 6.74. The van der Waals surface area contributed by atoms with Crippen molar-refractivity contribution in [3.05, 3.63) is 59.7 Å². The van der Waals surface area contributed by atoms with Gasteiger partial charge in [-0.15, -0.1) is 0 Å². The zero-order chi connectivity index (χ0) is 14.4.